The molecule has 1 aromatic heterocycles. The number of aryl methyl sites for hydroxylation is 2. The van der Waals surface area contributed by atoms with Gasteiger partial charge in [0.1, 0.15) is 5.76 Å². The Kier molecular flexibility index (Phi) is 5.22. The molecule has 0 spiro atoms. The highest BCUT2D eigenvalue weighted by Crippen LogP contribution is 2.31. The van der Waals surface area contributed by atoms with Crippen LogP contribution in [0.5, 0.6) is 0 Å². The fourth-order valence-electron chi connectivity index (χ4n) is 3.96. The minimum atomic E-state index is -0.310. The third-order valence-electron chi connectivity index (χ3n) is 5.83. The van der Waals surface area contributed by atoms with Crippen molar-refractivity contribution in [1.82, 2.24) is 4.57 Å². The zero-order valence-corrected chi connectivity index (χ0v) is 19.1. The number of rotatable bonds is 3. The highest BCUT2D eigenvalue weighted by atomic mass is 16.5. The molecule has 0 radical (unpaired) electrons. The van der Waals surface area contributed by atoms with E-state index in [-0.39, 0.29) is 11.4 Å². The Hall–Kier alpha value is -3.33. The Morgan fingerprint density at radius 1 is 0.903 bits per heavy atom. The predicted molar refractivity (Wildman–Crippen MR) is 127 cm³/mol. The Morgan fingerprint density at radius 2 is 1.55 bits per heavy atom. The summed E-state index contributed by atoms with van der Waals surface area (Å²) in [5.41, 5.74) is 8.41. The van der Waals surface area contributed by atoms with E-state index in [1.165, 1.54) is 11.1 Å². The number of hydrogen-bond acceptors (Lipinski definition) is 2. The van der Waals surface area contributed by atoms with Crippen molar-refractivity contribution in [3.63, 3.8) is 0 Å². The third-order valence-corrected chi connectivity index (χ3v) is 5.83. The molecule has 31 heavy (non-hydrogen) atoms. The predicted octanol–water partition coefficient (Wildman–Crippen LogP) is 6.68. The minimum Gasteiger partial charge on any atom is -0.422 e. The number of nitrogens with zero attached hydrogens (tertiary/aromatic N) is 1. The van der Waals surface area contributed by atoms with Crippen LogP contribution in [0.4, 0.5) is 0 Å². The molecule has 0 saturated heterocycles. The first-order valence-electron chi connectivity index (χ1n) is 10.7. The van der Waals surface area contributed by atoms with Gasteiger partial charge in [0.05, 0.1) is 5.57 Å². The molecule has 158 valence electrons. The van der Waals surface area contributed by atoms with Crippen LogP contribution in [-0.2, 0) is 14.9 Å². The normalized spacial score (nSPS) is 15.4. The van der Waals surface area contributed by atoms with E-state index in [1.54, 1.807) is 0 Å². The number of aromatic nitrogens is 1. The second-order valence-corrected chi connectivity index (χ2v) is 9.32. The second kappa shape index (κ2) is 7.73. The van der Waals surface area contributed by atoms with Crippen LogP contribution in [0.15, 0.2) is 66.2 Å². The monoisotopic (exact) mass is 411 g/mol. The molecule has 1 aliphatic rings. The Balaban J connectivity index is 1.66. The maximum Gasteiger partial charge on any atom is 0.343 e. The van der Waals surface area contributed by atoms with Crippen LogP contribution in [-0.4, -0.2) is 10.5 Å². The first-order valence-corrected chi connectivity index (χ1v) is 10.7. The maximum absolute atomic E-state index is 12.5. The molecule has 3 nitrogen and oxygen atoms in total. The van der Waals surface area contributed by atoms with Gasteiger partial charge in [-0.2, -0.15) is 0 Å². The number of ether oxygens (including phenoxy) is 1. The molecule has 0 bridgehead atoms. The molecule has 3 aromatic rings. The van der Waals surface area contributed by atoms with Crippen LogP contribution < -0.4 is 0 Å². The van der Waals surface area contributed by atoms with Gasteiger partial charge < -0.3 is 9.30 Å². The van der Waals surface area contributed by atoms with Crippen molar-refractivity contribution in [2.75, 3.05) is 0 Å². The van der Waals surface area contributed by atoms with Crippen molar-refractivity contribution >= 4 is 17.8 Å². The summed E-state index contributed by atoms with van der Waals surface area (Å²) < 4.78 is 7.79. The van der Waals surface area contributed by atoms with Crippen molar-refractivity contribution in [3.8, 4) is 5.69 Å². The summed E-state index contributed by atoms with van der Waals surface area (Å²) in [6.07, 6.45) is 3.76. The van der Waals surface area contributed by atoms with Crippen molar-refractivity contribution in [2.24, 2.45) is 0 Å². The Bertz CT molecular complexity index is 1200. The fourth-order valence-corrected chi connectivity index (χ4v) is 3.96. The molecule has 0 atom stereocenters. The number of esters is 1. The van der Waals surface area contributed by atoms with Gasteiger partial charge in [0.2, 0.25) is 0 Å². The number of carbonyl (C=O) groups excluding carboxylic acids is 1. The van der Waals surface area contributed by atoms with Crippen LogP contribution in [0.2, 0.25) is 0 Å². The molecule has 0 N–H and O–H groups in total. The molecule has 4 rings (SSSR count). The molecule has 1 aliphatic heterocycles. The first kappa shape index (κ1) is 20.9. The van der Waals surface area contributed by atoms with E-state index in [2.05, 4.69) is 88.6 Å². The van der Waals surface area contributed by atoms with E-state index < -0.39 is 0 Å². The lowest BCUT2D eigenvalue weighted by molar-refractivity contribution is -0.130. The molecule has 0 unspecified atom stereocenters. The van der Waals surface area contributed by atoms with Gasteiger partial charge in [0, 0.05) is 22.6 Å². The molecule has 0 amide bonds. The molecular weight excluding hydrogens is 382 g/mol. The van der Waals surface area contributed by atoms with Gasteiger partial charge >= 0.3 is 5.97 Å². The highest BCUT2D eigenvalue weighted by Gasteiger charge is 2.23. The molecular formula is C28H29NO2. The van der Waals surface area contributed by atoms with E-state index >= 15 is 0 Å². The first-order chi connectivity index (χ1) is 14.6. The molecule has 3 heteroatoms. The van der Waals surface area contributed by atoms with Crippen molar-refractivity contribution < 1.29 is 9.53 Å². The lowest BCUT2D eigenvalue weighted by Crippen LogP contribution is -2.10. The Morgan fingerprint density at radius 3 is 2.16 bits per heavy atom. The molecule has 0 saturated carbocycles. The van der Waals surface area contributed by atoms with Gasteiger partial charge in [0.15, 0.2) is 0 Å². The van der Waals surface area contributed by atoms with Gasteiger partial charge in [-0.05, 0) is 67.7 Å². The maximum atomic E-state index is 12.5. The van der Waals surface area contributed by atoms with E-state index in [1.807, 2.05) is 24.3 Å². The summed E-state index contributed by atoms with van der Waals surface area (Å²) in [5, 5.41) is 0. The lowest BCUT2D eigenvalue weighted by Gasteiger charge is -2.19. The van der Waals surface area contributed by atoms with Crippen LogP contribution in [0.1, 0.15) is 54.4 Å². The average Bonchev–Trinajstić information content (AvgIpc) is 3.22. The van der Waals surface area contributed by atoms with Crippen LogP contribution in [0, 0.1) is 20.8 Å². The van der Waals surface area contributed by atoms with Crippen molar-refractivity contribution in [3.05, 3.63) is 99.9 Å². The molecule has 0 aliphatic carbocycles. The summed E-state index contributed by atoms with van der Waals surface area (Å²) in [6, 6.07) is 18.8. The average molecular weight is 412 g/mol. The number of carbonyl (C=O) groups is 1. The van der Waals surface area contributed by atoms with Crippen LogP contribution >= 0.6 is 0 Å². The molecule has 2 aromatic carbocycles. The molecule has 0 fully saturated rings. The largest absolute Gasteiger partial charge is 0.422 e. The lowest BCUT2D eigenvalue weighted by atomic mass is 9.86. The minimum absolute atomic E-state index is 0.0876. The number of hydrogen-bond donors (Lipinski definition) is 0. The summed E-state index contributed by atoms with van der Waals surface area (Å²) >= 11 is 0. The quantitative estimate of drug-likeness (QED) is 0.355. The van der Waals surface area contributed by atoms with E-state index in [0.29, 0.717) is 11.3 Å². The van der Waals surface area contributed by atoms with E-state index in [4.69, 9.17) is 4.74 Å². The van der Waals surface area contributed by atoms with Gasteiger partial charge in [-0.1, -0.05) is 62.7 Å². The van der Waals surface area contributed by atoms with Gasteiger partial charge in [-0.3, -0.25) is 0 Å². The zero-order chi connectivity index (χ0) is 22.3. The van der Waals surface area contributed by atoms with Gasteiger partial charge in [0.25, 0.3) is 0 Å². The number of benzene rings is 2. The second-order valence-electron chi connectivity index (χ2n) is 9.32. The summed E-state index contributed by atoms with van der Waals surface area (Å²) in [7, 11) is 0. The summed E-state index contributed by atoms with van der Waals surface area (Å²) in [4.78, 5) is 12.5. The summed E-state index contributed by atoms with van der Waals surface area (Å²) in [6.45, 7) is 12.8. The fraction of sp³-hybridized carbons (Fsp3) is 0.250. The summed E-state index contributed by atoms with van der Waals surface area (Å²) in [5.74, 6) is 0.291. The van der Waals surface area contributed by atoms with E-state index in [0.717, 1.165) is 28.2 Å². The van der Waals surface area contributed by atoms with Crippen LogP contribution in [0.3, 0.4) is 0 Å². The SMILES string of the molecule is Cc1ccc(-n2c(C)cc(/C=C3\C=C(c4ccc(C(C)(C)C)cc4)OC3=O)c2C)cc1. The molecule has 2 heterocycles. The van der Waals surface area contributed by atoms with Crippen molar-refractivity contribution in [2.45, 2.75) is 47.0 Å². The Labute approximate surface area is 184 Å². The van der Waals surface area contributed by atoms with Crippen molar-refractivity contribution in [1.29, 1.82) is 0 Å². The zero-order valence-electron chi connectivity index (χ0n) is 19.1. The smallest absolute Gasteiger partial charge is 0.343 e. The number of cyclic esters (lactones) is 1. The van der Waals surface area contributed by atoms with Gasteiger partial charge in [-0.15, -0.1) is 0 Å². The third kappa shape index (κ3) is 4.13. The van der Waals surface area contributed by atoms with Gasteiger partial charge in [-0.25, -0.2) is 4.79 Å². The van der Waals surface area contributed by atoms with E-state index in [9.17, 15) is 4.79 Å². The highest BCUT2D eigenvalue weighted by molar-refractivity contribution is 6.05. The standard InChI is InChI=1S/C28H29NO2/c1-18-7-13-25(14-8-18)29-19(2)15-22(20(29)3)16-23-17-26(31-27(23)30)21-9-11-24(12-10-21)28(4,5)6/h7-17H,1-6H3/b23-16+. The topological polar surface area (TPSA) is 31.2 Å². The van der Waals surface area contributed by atoms with Crippen LogP contribution in [0.25, 0.3) is 17.5 Å².